The summed E-state index contributed by atoms with van der Waals surface area (Å²) < 4.78 is 38.4. The molecule has 0 aliphatic carbocycles. The molecule has 0 aromatic heterocycles. The van der Waals surface area contributed by atoms with Gasteiger partial charge in [0, 0.05) is 5.33 Å². The molecule has 112 valence electrons. The van der Waals surface area contributed by atoms with Gasteiger partial charge in [0.1, 0.15) is 18.2 Å². The average Bonchev–Trinajstić information content (AvgIpc) is 2.51. The van der Waals surface area contributed by atoms with Crippen molar-refractivity contribution in [2.24, 2.45) is 0 Å². The zero-order chi connectivity index (χ0) is 15.4. The molecule has 0 saturated carbocycles. The van der Waals surface area contributed by atoms with Crippen molar-refractivity contribution in [3.8, 4) is 11.5 Å². The number of benzene rings is 2. The fraction of sp³-hybridized carbons (Fsp3) is 0.200. The minimum Gasteiger partial charge on any atom is -0.493 e. The fourth-order valence-electron chi connectivity index (χ4n) is 1.77. The lowest BCUT2D eigenvalue weighted by atomic mass is 10.2. The Bertz CT molecular complexity index is 648. The van der Waals surface area contributed by atoms with Crippen LogP contribution >= 0.6 is 31.9 Å². The van der Waals surface area contributed by atoms with Gasteiger partial charge in [0.05, 0.1) is 17.1 Å². The van der Waals surface area contributed by atoms with Crippen molar-refractivity contribution in [3.63, 3.8) is 0 Å². The van der Waals surface area contributed by atoms with Crippen LogP contribution < -0.4 is 9.47 Å². The van der Waals surface area contributed by atoms with E-state index in [1.54, 1.807) is 12.1 Å². The van der Waals surface area contributed by atoms with Gasteiger partial charge in [-0.05, 0) is 45.8 Å². The molecule has 2 rings (SSSR count). The normalized spacial score (nSPS) is 10.5. The Hall–Kier alpha value is -1.14. The Morgan fingerprint density at radius 3 is 2.52 bits per heavy atom. The third-order valence-corrected chi connectivity index (χ3v) is 4.15. The highest BCUT2D eigenvalue weighted by Gasteiger charge is 2.14. The van der Waals surface area contributed by atoms with Crippen LogP contribution in [0.15, 0.2) is 34.8 Å². The van der Waals surface area contributed by atoms with Crippen LogP contribution in [0.5, 0.6) is 11.5 Å². The predicted molar refractivity (Wildman–Crippen MR) is 84.0 cm³/mol. The Labute approximate surface area is 138 Å². The first-order valence-corrected chi connectivity index (χ1v) is 7.96. The van der Waals surface area contributed by atoms with Crippen LogP contribution in [0, 0.1) is 11.6 Å². The molecule has 2 nitrogen and oxygen atoms in total. The second kappa shape index (κ2) is 7.22. The molecule has 0 fully saturated rings. The molecule has 0 amide bonds. The van der Waals surface area contributed by atoms with Crippen LogP contribution in [0.3, 0.4) is 0 Å². The summed E-state index contributed by atoms with van der Waals surface area (Å²) in [5, 5.41) is 0.679. The fourth-order valence-corrected chi connectivity index (χ4v) is 2.49. The van der Waals surface area contributed by atoms with Crippen LogP contribution in [0.2, 0.25) is 0 Å². The van der Waals surface area contributed by atoms with E-state index < -0.39 is 11.6 Å². The first kappa shape index (κ1) is 16.2. The predicted octanol–water partition coefficient (Wildman–Crippen LogP) is 5.21. The minimum atomic E-state index is -0.661. The molecule has 0 heterocycles. The molecule has 0 atom stereocenters. The van der Waals surface area contributed by atoms with Crippen molar-refractivity contribution in [3.05, 3.63) is 57.6 Å². The monoisotopic (exact) mass is 420 g/mol. The smallest absolute Gasteiger partial charge is 0.161 e. The van der Waals surface area contributed by atoms with E-state index in [0.717, 1.165) is 5.56 Å². The highest BCUT2D eigenvalue weighted by molar-refractivity contribution is 9.10. The maximum atomic E-state index is 13.9. The van der Waals surface area contributed by atoms with Crippen molar-refractivity contribution in [2.75, 3.05) is 7.11 Å². The molecule has 0 aliphatic heterocycles. The highest BCUT2D eigenvalue weighted by atomic mass is 79.9. The number of hydrogen-bond acceptors (Lipinski definition) is 2. The summed E-state index contributed by atoms with van der Waals surface area (Å²) in [6.07, 6.45) is 0. The number of hydrogen-bond donors (Lipinski definition) is 0. The minimum absolute atomic E-state index is 0.129. The van der Waals surface area contributed by atoms with Crippen LogP contribution in [0.4, 0.5) is 8.78 Å². The SMILES string of the molecule is COc1cc(CBr)ccc1OCc1c(F)ccc(Br)c1F. The van der Waals surface area contributed by atoms with E-state index in [1.165, 1.54) is 19.2 Å². The molecule has 21 heavy (non-hydrogen) atoms. The Morgan fingerprint density at radius 2 is 1.86 bits per heavy atom. The number of rotatable bonds is 5. The van der Waals surface area contributed by atoms with Gasteiger partial charge in [-0.2, -0.15) is 0 Å². The van der Waals surface area contributed by atoms with Crippen molar-refractivity contribution in [1.82, 2.24) is 0 Å². The van der Waals surface area contributed by atoms with E-state index >= 15 is 0 Å². The van der Waals surface area contributed by atoms with E-state index in [0.29, 0.717) is 16.8 Å². The molecular formula is C15H12Br2F2O2. The summed E-state index contributed by atoms with van der Waals surface area (Å²) in [6, 6.07) is 7.87. The molecule has 0 unspecified atom stereocenters. The largest absolute Gasteiger partial charge is 0.493 e. The van der Waals surface area contributed by atoms with Crippen molar-refractivity contribution in [1.29, 1.82) is 0 Å². The Morgan fingerprint density at radius 1 is 1.10 bits per heavy atom. The van der Waals surface area contributed by atoms with Gasteiger partial charge in [-0.1, -0.05) is 22.0 Å². The van der Waals surface area contributed by atoms with Gasteiger partial charge >= 0.3 is 0 Å². The third kappa shape index (κ3) is 3.74. The maximum absolute atomic E-state index is 13.9. The second-order valence-electron chi connectivity index (χ2n) is 4.23. The van der Waals surface area contributed by atoms with E-state index in [9.17, 15) is 8.78 Å². The van der Waals surface area contributed by atoms with E-state index in [4.69, 9.17) is 9.47 Å². The molecule has 0 spiro atoms. The molecule has 0 radical (unpaired) electrons. The van der Waals surface area contributed by atoms with E-state index in [-0.39, 0.29) is 16.6 Å². The van der Waals surface area contributed by atoms with Gasteiger partial charge in [-0.25, -0.2) is 8.78 Å². The molecule has 0 bridgehead atoms. The first-order chi connectivity index (χ1) is 10.1. The summed E-state index contributed by atoms with van der Waals surface area (Å²) in [7, 11) is 1.51. The summed E-state index contributed by atoms with van der Waals surface area (Å²) in [5.41, 5.74) is 0.884. The molecule has 0 saturated heterocycles. The van der Waals surface area contributed by atoms with Gasteiger partial charge in [0.15, 0.2) is 11.5 Å². The lowest BCUT2D eigenvalue weighted by Gasteiger charge is -2.13. The topological polar surface area (TPSA) is 18.5 Å². The van der Waals surface area contributed by atoms with Crippen molar-refractivity contribution in [2.45, 2.75) is 11.9 Å². The average molecular weight is 422 g/mol. The van der Waals surface area contributed by atoms with Gasteiger partial charge < -0.3 is 9.47 Å². The van der Waals surface area contributed by atoms with E-state index in [1.807, 2.05) is 6.07 Å². The van der Waals surface area contributed by atoms with Crippen LogP contribution in [-0.2, 0) is 11.9 Å². The zero-order valence-corrected chi connectivity index (χ0v) is 14.3. The van der Waals surface area contributed by atoms with E-state index in [2.05, 4.69) is 31.9 Å². The Balaban J connectivity index is 2.22. The van der Waals surface area contributed by atoms with Crippen LogP contribution in [0.1, 0.15) is 11.1 Å². The number of methoxy groups -OCH3 is 1. The molecule has 2 aromatic rings. The van der Waals surface area contributed by atoms with Crippen molar-refractivity contribution >= 4 is 31.9 Å². The van der Waals surface area contributed by atoms with Gasteiger partial charge in [-0.15, -0.1) is 0 Å². The highest BCUT2D eigenvalue weighted by Crippen LogP contribution is 2.30. The lowest BCUT2D eigenvalue weighted by Crippen LogP contribution is -2.03. The maximum Gasteiger partial charge on any atom is 0.161 e. The molecule has 2 aromatic carbocycles. The van der Waals surface area contributed by atoms with Gasteiger partial charge in [0.2, 0.25) is 0 Å². The Kier molecular flexibility index (Phi) is 5.58. The summed E-state index contributed by atoms with van der Waals surface area (Å²) >= 11 is 6.37. The number of alkyl halides is 1. The van der Waals surface area contributed by atoms with Crippen molar-refractivity contribution < 1.29 is 18.3 Å². The number of halogens is 4. The van der Waals surface area contributed by atoms with Gasteiger partial charge in [-0.3, -0.25) is 0 Å². The quantitative estimate of drug-likeness (QED) is 0.487. The molecule has 0 N–H and O–H groups in total. The number of ether oxygens (including phenoxy) is 2. The molecule has 6 heteroatoms. The molecule has 0 aliphatic rings. The lowest BCUT2D eigenvalue weighted by molar-refractivity contribution is 0.274. The summed E-state index contributed by atoms with van der Waals surface area (Å²) in [6.45, 7) is -0.221. The molecular weight excluding hydrogens is 410 g/mol. The second-order valence-corrected chi connectivity index (χ2v) is 5.64. The third-order valence-electron chi connectivity index (χ3n) is 2.89. The van der Waals surface area contributed by atoms with Crippen LogP contribution in [-0.4, -0.2) is 7.11 Å². The summed E-state index contributed by atoms with van der Waals surface area (Å²) in [5.74, 6) is -0.360. The zero-order valence-electron chi connectivity index (χ0n) is 11.1. The summed E-state index contributed by atoms with van der Waals surface area (Å²) in [4.78, 5) is 0. The van der Waals surface area contributed by atoms with Crippen LogP contribution in [0.25, 0.3) is 0 Å². The first-order valence-electron chi connectivity index (χ1n) is 6.05. The van der Waals surface area contributed by atoms with Gasteiger partial charge in [0.25, 0.3) is 0 Å². The standard InChI is InChI=1S/C15H12Br2F2O2/c1-20-14-6-9(7-16)2-5-13(14)21-8-10-12(18)4-3-11(17)15(10)19/h2-6H,7-8H2,1H3.